The predicted molar refractivity (Wildman–Crippen MR) is 128 cm³/mol. The fourth-order valence-electron chi connectivity index (χ4n) is 3.31. The highest BCUT2D eigenvalue weighted by molar-refractivity contribution is 6.74. The normalized spacial score (nSPS) is 14.1. The number of esters is 1. The Morgan fingerprint density at radius 2 is 1.50 bits per heavy atom. The molecule has 0 aliphatic carbocycles. The van der Waals surface area contributed by atoms with Crippen LogP contribution in [0.5, 0.6) is 0 Å². The highest BCUT2D eigenvalue weighted by Gasteiger charge is 2.37. The minimum Gasteiger partial charge on any atom is -0.466 e. The van der Waals surface area contributed by atoms with Gasteiger partial charge in [-0.25, -0.2) is 4.79 Å². The molecule has 0 aliphatic rings. The second-order valence-corrected chi connectivity index (χ2v) is 14.1. The molecule has 2 aromatic carbocycles. The third-order valence-corrected chi connectivity index (χ3v) is 10.7. The number of benzene rings is 2. The lowest BCUT2D eigenvalue weighted by atomic mass is 9.84. The van der Waals surface area contributed by atoms with Gasteiger partial charge < -0.3 is 9.16 Å². The van der Waals surface area contributed by atoms with Crippen LogP contribution in [0.4, 0.5) is 0 Å². The van der Waals surface area contributed by atoms with E-state index < -0.39 is 8.32 Å². The molecule has 162 valence electrons. The van der Waals surface area contributed by atoms with E-state index in [4.69, 9.17) is 9.16 Å². The Kier molecular flexibility index (Phi) is 8.22. The first-order valence-corrected chi connectivity index (χ1v) is 13.5. The van der Waals surface area contributed by atoms with Gasteiger partial charge >= 0.3 is 5.97 Å². The Labute approximate surface area is 183 Å². The Morgan fingerprint density at radius 1 is 0.967 bits per heavy atom. The number of hydrogen-bond donors (Lipinski definition) is 0. The predicted octanol–water partition coefficient (Wildman–Crippen LogP) is 6.83. The average molecular weight is 425 g/mol. The molecule has 0 radical (unpaired) electrons. The summed E-state index contributed by atoms with van der Waals surface area (Å²) in [5.74, 6) is -0.231. The van der Waals surface area contributed by atoms with Crippen molar-refractivity contribution in [1.29, 1.82) is 0 Å². The van der Waals surface area contributed by atoms with Gasteiger partial charge in [-0.1, -0.05) is 88.4 Å². The third kappa shape index (κ3) is 5.93. The molecule has 1 atom stereocenters. The molecular formula is C26H36O3Si. The number of carbonyl (C=O) groups is 1. The van der Waals surface area contributed by atoms with Gasteiger partial charge in [-0.3, -0.25) is 0 Å². The highest BCUT2D eigenvalue weighted by atomic mass is 28.4. The summed E-state index contributed by atoms with van der Waals surface area (Å²) in [7, 11) is -0.445. The van der Waals surface area contributed by atoms with E-state index in [1.165, 1.54) is 12.7 Å². The molecule has 0 heterocycles. The highest BCUT2D eigenvalue weighted by Crippen LogP contribution is 2.38. The zero-order chi connectivity index (χ0) is 22.4. The number of rotatable bonds is 8. The van der Waals surface area contributed by atoms with E-state index in [1.807, 2.05) is 36.4 Å². The van der Waals surface area contributed by atoms with Gasteiger partial charge in [0.15, 0.2) is 8.32 Å². The van der Waals surface area contributed by atoms with Crippen molar-refractivity contribution in [1.82, 2.24) is 0 Å². The summed E-state index contributed by atoms with van der Waals surface area (Å²) in [5.41, 5.74) is 3.91. The van der Waals surface area contributed by atoms with Gasteiger partial charge in [0.2, 0.25) is 0 Å². The van der Waals surface area contributed by atoms with Crippen molar-refractivity contribution in [3.63, 3.8) is 0 Å². The molecule has 2 rings (SSSR count). The lowest BCUT2D eigenvalue weighted by molar-refractivity contribution is -0.136. The Bertz CT molecular complexity index is 849. The SMILES string of the molecule is COC(=O)C(CCO[Si](C)(C)C(C)(C)C)=C(c1ccccc1)C(C)c1ccccc1. The van der Waals surface area contributed by atoms with Gasteiger partial charge in [0.25, 0.3) is 0 Å². The summed E-state index contributed by atoms with van der Waals surface area (Å²) in [6.45, 7) is 13.8. The zero-order valence-electron chi connectivity index (χ0n) is 19.5. The molecule has 0 aromatic heterocycles. The van der Waals surface area contributed by atoms with Crippen LogP contribution in [-0.2, 0) is 14.0 Å². The second-order valence-electron chi connectivity index (χ2n) is 9.24. The minimum atomic E-state index is -1.90. The van der Waals surface area contributed by atoms with E-state index in [2.05, 4.69) is 65.1 Å². The fraction of sp³-hybridized carbons (Fsp3) is 0.423. The van der Waals surface area contributed by atoms with Crippen LogP contribution in [0, 0.1) is 0 Å². The van der Waals surface area contributed by atoms with E-state index in [1.54, 1.807) is 0 Å². The van der Waals surface area contributed by atoms with Crippen molar-refractivity contribution in [2.24, 2.45) is 0 Å². The average Bonchev–Trinajstić information content (AvgIpc) is 2.72. The molecule has 0 saturated carbocycles. The Hall–Kier alpha value is -2.17. The first-order valence-electron chi connectivity index (χ1n) is 10.6. The van der Waals surface area contributed by atoms with Crippen LogP contribution in [-0.4, -0.2) is 28.0 Å². The molecule has 0 saturated heterocycles. The van der Waals surface area contributed by atoms with Crippen LogP contribution in [0.1, 0.15) is 51.2 Å². The van der Waals surface area contributed by atoms with Gasteiger partial charge in [-0.05, 0) is 34.8 Å². The van der Waals surface area contributed by atoms with E-state index in [-0.39, 0.29) is 16.9 Å². The second kappa shape index (κ2) is 10.2. The maximum Gasteiger partial charge on any atom is 0.334 e. The smallest absolute Gasteiger partial charge is 0.334 e. The Balaban J connectivity index is 2.48. The van der Waals surface area contributed by atoms with E-state index in [9.17, 15) is 4.79 Å². The van der Waals surface area contributed by atoms with Gasteiger partial charge in [0.05, 0.1) is 7.11 Å². The number of allylic oxidation sites excluding steroid dienone is 1. The summed E-state index contributed by atoms with van der Waals surface area (Å²) < 4.78 is 11.6. The number of carbonyl (C=O) groups excluding carboxylic acids is 1. The summed E-state index contributed by atoms with van der Waals surface area (Å²) >= 11 is 0. The molecule has 0 spiro atoms. The standard InChI is InChI=1S/C26H36O3Si/c1-20(21-14-10-8-11-15-21)24(22-16-12-9-13-17-22)23(25(27)28-5)18-19-29-30(6,7)26(2,3)4/h8-17,20H,18-19H2,1-7H3. The van der Waals surface area contributed by atoms with Gasteiger partial charge in [-0.2, -0.15) is 0 Å². The van der Waals surface area contributed by atoms with Crippen LogP contribution < -0.4 is 0 Å². The molecule has 4 heteroatoms. The summed E-state index contributed by atoms with van der Waals surface area (Å²) in [6, 6.07) is 20.4. The first kappa shape index (κ1) is 24.1. The van der Waals surface area contributed by atoms with Crippen LogP contribution in [0.3, 0.4) is 0 Å². The molecular weight excluding hydrogens is 388 g/mol. The van der Waals surface area contributed by atoms with E-state index in [0.29, 0.717) is 18.6 Å². The molecule has 3 nitrogen and oxygen atoms in total. The fourth-order valence-corrected chi connectivity index (χ4v) is 4.35. The molecule has 0 aliphatic heterocycles. The van der Waals surface area contributed by atoms with Crippen molar-refractivity contribution < 1.29 is 14.0 Å². The van der Waals surface area contributed by atoms with Gasteiger partial charge in [-0.15, -0.1) is 0 Å². The van der Waals surface area contributed by atoms with Gasteiger partial charge in [0, 0.05) is 24.5 Å². The molecule has 2 aromatic rings. The van der Waals surface area contributed by atoms with Crippen molar-refractivity contribution in [3.8, 4) is 0 Å². The summed E-state index contributed by atoms with van der Waals surface area (Å²) in [4.78, 5) is 12.9. The lowest BCUT2D eigenvalue weighted by Gasteiger charge is -2.36. The van der Waals surface area contributed by atoms with Crippen molar-refractivity contribution in [3.05, 3.63) is 77.4 Å². The molecule has 0 bridgehead atoms. The van der Waals surface area contributed by atoms with Crippen molar-refractivity contribution in [2.75, 3.05) is 13.7 Å². The molecule has 0 N–H and O–H groups in total. The van der Waals surface area contributed by atoms with E-state index in [0.717, 1.165) is 11.1 Å². The topological polar surface area (TPSA) is 35.5 Å². The molecule has 0 fully saturated rings. The minimum absolute atomic E-state index is 0.0515. The largest absolute Gasteiger partial charge is 0.466 e. The number of ether oxygens (including phenoxy) is 1. The molecule has 30 heavy (non-hydrogen) atoms. The summed E-state index contributed by atoms with van der Waals surface area (Å²) in [6.07, 6.45) is 0.528. The number of hydrogen-bond acceptors (Lipinski definition) is 3. The van der Waals surface area contributed by atoms with Crippen molar-refractivity contribution in [2.45, 2.75) is 58.2 Å². The van der Waals surface area contributed by atoms with Crippen LogP contribution in [0.15, 0.2) is 66.2 Å². The van der Waals surface area contributed by atoms with Crippen molar-refractivity contribution >= 4 is 19.9 Å². The summed E-state index contributed by atoms with van der Waals surface area (Å²) in [5, 5.41) is 0.127. The van der Waals surface area contributed by atoms with Crippen LogP contribution >= 0.6 is 0 Å². The van der Waals surface area contributed by atoms with Crippen LogP contribution in [0.25, 0.3) is 5.57 Å². The molecule has 0 amide bonds. The first-order chi connectivity index (χ1) is 14.1. The van der Waals surface area contributed by atoms with Gasteiger partial charge in [0.1, 0.15) is 0 Å². The number of methoxy groups -OCH3 is 1. The molecule has 1 unspecified atom stereocenters. The maximum absolute atomic E-state index is 12.9. The Morgan fingerprint density at radius 3 is 2.00 bits per heavy atom. The lowest BCUT2D eigenvalue weighted by Crippen LogP contribution is -2.41. The van der Waals surface area contributed by atoms with E-state index >= 15 is 0 Å². The van der Waals surface area contributed by atoms with Crippen LogP contribution in [0.2, 0.25) is 18.1 Å². The maximum atomic E-state index is 12.9. The monoisotopic (exact) mass is 424 g/mol. The third-order valence-electron chi connectivity index (χ3n) is 6.20. The quantitative estimate of drug-likeness (QED) is 0.265. The zero-order valence-corrected chi connectivity index (χ0v) is 20.5.